The minimum absolute atomic E-state index is 0.00687. The van der Waals surface area contributed by atoms with E-state index >= 15 is 0 Å². The number of ether oxygens (including phenoxy) is 1. The Hall–Kier alpha value is -1.39. The molecule has 0 amide bonds. The summed E-state index contributed by atoms with van der Waals surface area (Å²) in [5.74, 6) is 0.148. The molecule has 0 saturated heterocycles. The van der Waals surface area contributed by atoms with Gasteiger partial charge in [-0.1, -0.05) is 36.2 Å². The molecule has 1 heterocycles. The lowest BCUT2D eigenvalue weighted by Crippen LogP contribution is -2.01. The first-order valence-electron chi connectivity index (χ1n) is 5.67. The lowest BCUT2D eigenvalue weighted by atomic mass is 10.3. The lowest BCUT2D eigenvalue weighted by Gasteiger charge is -2.10. The van der Waals surface area contributed by atoms with Gasteiger partial charge in [0.15, 0.2) is 11.6 Å². The number of nitrogens with zero attached hydrogens (tertiary/aromatic N) is 2. The van der Waals surface area contributed by atoms with Crippen molar-refractivity contribution in [2.45, 2.75) is 20.3 Å². The topological polar surface area (TPSA) is 35.0 Å². The zero-order valence-corrected chi connectivity index (χ0v) is 11.9. The fraction of sp³-hybridized carbons (Fsp3) is 0.231. The highest BCUT2D eigenvalue weighted by Gasteiger charge is 2.14. The molecular weight excluding hydrogens is 290 g/mol. The van der Waals surface area contributed by atoms with Crippen LogP contribution in [0.2, 0.25) is 10.2 Å². The standard InChI is InChI=1S/C13H11Cl2FN2O/c1-3-10-17-12(15)7(2)13(18-10)19-9-6-4-5-8(14)11(9)16/h4-6H,3H2,1-2H3. The third kappa shape index (κ3) is 2.96. The number of hydrogen-bond donors (Lipinski definition) is 0. The number of rotatable bonds is 3. The molecule has 100 valence electrons. The number of halogens is 3. The Morgan fingerprint density at radius 1 is 1.26 bits per heavy atom. The summed E-state index contributed by atoms with van der Waals surface area (Å²) >= 11 is 11.7. The summed E-state index contributed by atoms with van der Waals surface area (Å²) in [6, 6.07) is 4.52. The Kier molecular flexibility index (Phi) is 4.22. The Morgan fingerprint density at radius 3 is 2.68 bits per heavy atom. The lowest BCUT2D eigenvalue weighted by molar-refractivity contribution is 0.421. The molecule has 0 spiro atoms. The van der Waals surface area contributed by atoms with E-state index in [0.29, 0.717) is 23.0 Å². The Morgan fingerprint density at radius 2 is 2.00 bits per heavy atom. The fourth-order valence-corrected chi connectivity index (χ4v) is 1.78. The van der Waals surface area contributed by atoms with Crippen molar-refractivity contribution in [2.75, 3.05) is 0 Å². The number of aromatic nitrogens is 2. The van der Waals surface area contributed by atoms with E-state index in [4.69, 9.17) is 27.9 Å². The molecule has 3 nitrogen and oxygen atoms in total. The van der Waals surface area contributed by atoms with Gasteiger partial charge >= 0.3 is 0 Å². The molecule has 0 saturated carbocycles. The smallest absolute Gasteiger partial charge is 0.227 e. The van der Waals surface area contributed by atoms with Gasteiger partial charge in [-0.05, 0) is 19.1 Å². The van der Waals surface area contributed by atoms with Gasteiger partial charge in [-0.15, -0.1) is 0 Å². The van der Waals surface area contributed by atoms with Gasteiger partial charge in [0, 0.05) is 12.0 Å². The van der Waals surface area contributed by atoms with E-state index in [0.717, 1.165) is 0 Å². The first-order valence-corrected chi connectivity index (χ1v) is 6.43. The summed E-state index contributed by atoms with van der Waals surface area (Å²) < 4.78 is 19.2. The van der Waals surface area contributed by atoms with E-state index in [-0.39, 0.29) is 16.7 Å². The van der Waals surface area contributed by atoms with Crippen molar-refractivity contribution in [3.8, 4) is 11.6 Å². The third-order valence-electron chi connectivity index (χ3n) is 2.53. The van der Waals surface area contributed by atoms with Crippen molar-refractivity contribution in [3.05, 3.63) is 45.6 Å². The number of benzene rings is 1. The molecule has 2 rings (SSSR count). The van der Waals surface area contributed by atoms with Crippen molar-refractivity contribution in [2.24, 2.45) is 0 Å². The Bertz CT molecular complexity index is 620. The van der Waals surface area contributed by atoms with Crippen LogP contribution in [0, 0.1) is 12.7 Å². The van der Waals surface area contributed by atoms with Crippen molar-refractivity contribution < 1.29 is 9.13 Å². The zero-order chi connectivity index (χ0) is 14.0. The van der Waals surface area contributed by atoms with Gasteiger partial charge in [0.1, 0.15) is 11.0 Å². The highest BCUT2D eigenvalue weighted by molar-refractivity contribution is 6.31. The molecule has 0 unspecified atom stereocenters. The van der Waals surface area contributed by atoms with Gasteiger partial charge in [-0.25, -0.2) is 9.37 Å². The molecule has 1 aromatic carbocycles. The predicted molar refractivity (Wildman–Crippen MR) is 72.6 cm³/mol. The third-order valence-corrected chi connectivity index (χ3v) is 3.19. The Labute approximate surface area is 120 Å². The summed E-state index contributed by atoms with van der Waals surface area (Å²) in [4.78, 5) is 8.28. The minimum atomic E-state index is -0.628. The van der Waals surface area contributed by atoms with Crippen LogP contribution in [0.25, 0.3) is 0 Å². The normalized spacial score (nSPS) is 10.6. The van der Waals surface area contributed by atoms with E-state index in [1.54, 1.807) is 13.0 Å². The van der Waals surface area contributed by atoms with Crippen molar-refractivity contribution in [1.29, 1.82) is 0 Å². The highest BCUT2D eigenvalue weighted by atomic mass is 35.5. The molecule has 19 heavy (non-hydrogen) atoms. The summed E-state index contributed by atoms with van der Waals surface area (Å²) in [7, 11) is 0. The molecule has 1 aromatic heterocycles. The molecule has 0 fully saturated rings. The van der Waals surface area contributed by atoms with Gasteiger partial charge in [-0.3, -0.25) is 0 Å². The molecule has 0 radical (unpaired) electrons. The monoisotopic (exact) mass is 300 g/mol. The second-order valence-corrected chi connectivity index (χ2v) is 4.63. The van der Waals surface area contributed by atoms with Gasteiger partial charge in [0.25, 0.3) is 0 Å². The van der Waals surface area contributed by atoms with Gasteiger partial charge in [-0.2, -0.15) is 4.98 Å². The molecular formula is C13H11Cl2FN2O. The average molecular weight is 301 g/mol. The molecule has 0 aliphatic heterocycles. The first-order chi connectivity index (χ1) is 9.02. The minimum Gasteiger partial charge on any atom is -0.435 e. The van der Waals surface area contributed by atoms with Crippen LogP contribution in [0.4, 0.5) is 4.39 Å². The molecule has 0 atom stereocenters. The van der Waals surface area contributed by atoms with Crippen LogP contribution in [-0.4, -0.2) is 9.97 Å². The molecule has 0 bridgehead atoms. The van der Waals surface area contributed by atoms with Crippen LogP contribution >= 0.6 is 23.2 Å². The van der Waals surface area contributed by atoms with Crippen molar-refractivity contribution >= 4 is 23.2 Å². The predicted octanol–water partition coefficient (Wildman–Crippen LogP) is 4.59. The van der Waals surface area contributed by atoms with Crippen LogP contribution in [0.1, 0.15) is 18.3 Å². The molecule has 0 aliphatic rings. The van der Waals surface area contributed by atoms with Gasteiger partial charge < -0.3 is 4.74 Å². The van der Waals surface area contributed by atoms with E-state index in [9.17, 15) is 4.39 Å². The molecule has 0 N–H and O–H groups in total. The fourth-order valence-electron chi connectivity index (χ4n) is 1.44. The largest absolute Gasteiger partial charge is 0.435 e. The van der Waals surface area contributed by atoms with Crippen LogP contribution in [-0.2, 0) is 6.42 Å². The number of hydrogen-bond acceptors (Lipinski definition) is 3. The van der Waals surface area contributed by atoms with Gasteiger partial charge in [0.2, 0.25) is 5.88 Å². The maximum absolute atomic E-state index is 13.8. The molecule has 6 heteroatoms. The number of aryl methyl sites for hydroxylation is 1. The highest BCUT2D eigenvalue weighted by Crippen LogP contribution is 2.31. The maximum atomic E-state index is 13.8. The summed E-state index contributed by atoms with van der Waals surface area (Å²) in [6.07, 6.45) is 0.606. The summed E-state index contributed by atoms with van der Waals surface area (Å²) in [5, 5.41) is 0.287. The zero-order valence-electron chi connectivity index (χ0n) is 10.4. The van der Waals surface area contributed by atoms with E-state index < -0.39 is 5.82 Å². The Balaban J connectivity index is 2.43. The van der Waals surface area contributed by atoms with Gasteiger partial charge in [0.05, 0.1) is 5.02 Å². The first kappa shape index (κ1) is 14.0. The average Bonchev–Trinajstić information content (AvgIpc) is 2.39. The summed E-state index contributed by atoms with van der Waals surface area (Å²) in [5.41, 5.74) is 0.554. The second kappa shape index (κ2) is 5.72. The van der Waals surface area contributed by atoms with Crippen LogP contribution in [0.15, 0.2) is 18.2 Å². The van der Waals surface area contributed by atoms with Crippen LogP contribution < -0.4 is 4.74 Å². The second-order valence-electron chi connectivity index (χ2n) is 3.87. The van der Waals surface area contributed by atoms with E-state index in [2.05, 4.69) is 9.97 Å². The van der Waals surface area contributed by atoms with Crippen molar-refractivity contribution in [3.63, 3.8) is 0 Å². The maximum Gasteiger partial charge on any atom is 0.227 e. The van der Waals surface area contributed by atoms with E-state index in [1.165, 1.54) is 12.1 Å². The molecule has 2 aromatic rings. The SMILES string of the molecule is CCc1nc(Cl)c(C)c(Oc2cccc(Cl)c2F)n1. The van der Waals surface area contributed by atoms with E-state index in [1.807, 2.05) is 6.92 Å². The van der Waals surface area contributed by atoms with Crippen LogP contribution in [0.5, 0.6) is 11.6 Å². The van der Waals surface area contributed by atoms with Crippen LogP contribution in [0.3, 0.4) is 0 Å². The summed E-state index contributed by atoms with van der Waals surface area (Å²) in [6.45, 7) is 3.60. The molecule has 0 aliphatic carbocycles. The van der Waals surface area contributed by atoms with Crippen molar-refractivity contribution in [1.82, 2.24) is 9.97 Å². The quantitative estimate of drug-likeness (QED) is 0.778.